The lowest BCUT2D eigenvalue weighted by Gasteiger charge is -2.32. The van der Waals surface area contributed by atoms with Gasteiger partial charge in [-0.1, -0.05) is 32.1 Å². The highest BCUT2D eigenvalue weighted by atomic mass is 32.1. The van der Waals surface area contributed by atoms with Crippen molar-refractivity contribution in [1.29, 1.82) is 0 Å². The maximum absolute atomic E-state index is 4.19. The van der Waals surface area contributed by atoms with Gasteiger partial charge in [-0.05, 0) is 24.7 Å². The van der Waals surface area contributed by atoms with Gasteiger partial charge in [-0.25, -0.2) is 0 Å². The SMILES string of the molecule is CC(C)Cc1nnc(NC2CC(C)C2)s1. The molecular weight excluding hydrogens is 206 g/mol. The van der Waals surface area contributed by atoms with Crippen LogP contribution in [0, 0.1) is 11.8 Å². The largest absolute Gasteiger partial charge is 0.357 e. The van der Waals surface area contributed by atoms with Gasteiger partial charge in [0.1, 0.15) is 5.01 Å². The third kappa shape index (κ3) is 2.91. The Morgan fingerprint density at radius 2 is 2.13 bits per heavy atom. The molecule has 0 spiro atoms. The number of nitrogens with one attached hydrogen (secondary N) is 1. The number of aromatic nitrogens is 2. The van der Waals surface area contributed by atoms with E-state index in [1.807, 2.05) is 0 Å². The normalized spacial score (nSPS) is 25.3. The molecule has 1 N–H and O–H groups in total. The lowest BCUT2D eigenvalue weighted by atomic mass is 9.82. The zero-order valence-corrected chi connectivity index (χ0v) is 10.5. The van der Waals surface area contributed by atoms with Crippen molar-refractivity contribution in [2.75, 3.05) is 5.32 Å². The van der Waals surface area contributed by atoms with Gasteiger partial charge in [0.05, 0.1) is 0 Å². The maximum atomic E-state index is 4.19. The van der Waals surface area contributed by atoms with E-state index >= 15 is 0 Å². The van der Waals surface area contributed by atoms with E-state index in [-0.39, 0.29) is 0 Å². The standard InChI is InChI=1S/C11H19N3S/c1-7(2)4-10-13-14-11(15-10)12-9-5-8(3)6-9/h7-9H,4-6H2,1-3H3,(H,12,14). The molecule has 1 aliphatic rings. The summed E-state index contributed by atoms with van der Waals surface area (Å²) in [6.07, 6.45) is 3.60. The van der Waals surface area contributed by atoms with Crippen molar-refractivity contribution < 1.29 is 0 Å². The van der Waals surface area contributed by atoms with E-state index in [1.54, 1.807) is 11.3 Å². The highest BCUT2D eigenvalue weighted by molar-refractivity contribution is 7.15. The summed E-state index contributed by atoms with van der Waals surface area (Å²) < 4.78 is 0. The van der Waals surface area contributed by atoms with E-state index in [0.717, 1.165) is 22.5 Å². The number of rotatable bonds is 4. The fraction of sp³-hybridized carbons (Fsp3) is 0.818. The summed E-state index contributed by atoms with van der Waals surface area (Å²) in [5.41, 5.74) is 0. The molecule has 4 heteroatoms. The smallest absolute Gasteiger partial charge is 0.205 e. The van der Waals surface area contributed by atoms with Gasteiger partial charge < -0.3 is 5.32 Å². The van der Waals surface area contributed by atoms with Crippen LogP contribution >= 0.6 is 11.3 Å². The number of hydrogen-bond donors (Lipinski definition) is 1. The minimum Gasteiger partial charge on any atom is -0.357 e. The van der Waals surface area contributed by atoms with Crippen molar-refractivity contribution in [1.82, 2.24) is 10.2 Å². The van der Waals surface area contributed by atoms with Crippen LogP contribution in [-0.2, 0) is 6.42 Å². The van der Waals surface area contributed by atoms with Crippen LogP contribution in [0.4, 0.5) is 5.13 Å². The quantitative estimate of drug-likeness (QED) is 0.856. The predicted octanol–water partition coefficient (Wildman–Crippen LogP) is 2.95. The van der Waals surface area contributed by atoms with Crippen molar-refractivity contribution in [3.8, 4) is 0 Å². The molecule has 0 aromatic carbocycles. The van der Waals surface area contributed by atoms with Crippen molar-refractivity contribution in [3.63, 3.8) is 0 Å². The first-order valence-corrected chi connectivity index (χ1v) is 6.54. The molecule has 84 valence electrons. The molecule has 0 aliphatic heterocycles. The van der Waals surface area contributed by atoms with Crippen LogP contribution in [0.2, 0.25) is 0 Å². The minimum atomic E-state index is 0.639. The van der Waals surface area contributed by atoms with Crippen molar-refractivity contribution >= 4 is 16.5 Å². The monoisotopic (exact) mass is 225 g/mol. The summed E-state index contributed by atoms with van der Waals surface area (Å²) in [6.45, 7) is 6.71. The van der Waals surface area contributed by atoms with Crippen LogP contribution in [0.5, 0.6) is 0 Å². The minimum absolute atomic E-state index is 0.639. The molecule has 0 unspecified atom stereocenters. The Balaban J connectivity index is 1.84. The lowest BCUT2D eigenvalue weighted by Crippen LogP contribution is -2.33. The van der Waals surface area contributed by atoms with E-state index in [0.29, 0.717) is 12.0 Å². The van der Waals surface area contributed by atoms with Crippen molar-refractivity contribution in [3.05, 3.63) is 5.01 Å². The topological polar surface area (TPSA) is 37.8 Å². The molecule has 0 atom stereocenters. The van der Waals surface area contributed by atoms with E-state index in [2.05, 4.69) is 36.3 Å². The Kier molecular flexibility index (Phi) is 3.24. The zero-order chi connectivity index (χ0) is 10.8. The van der Waals surface area contributed by atoms with E-state index in [9.17, 15) is 0 Å². The highest BCUT2D eigenvalue weighted by Crippen LogP contribution is 2.30. The third-order valence-electron chi connectivity index (χ3n) is 2.75. The van der Waals surface area contributed by atoms with Gasteiger partial charge in [-0.2, -0.15) is 0 Å². The Bertz CT molecular complexity index is 315. The Morgan fingerprint density at radius 3 is 2.73 bits per heavy atom. The second-order valence-corrected chi connectivity index (χ2v) is 6.08. The second kappa shape index (κ2) is 4.47. The number of nitrogens with zero attached hydrogens (tertiary/aromatic N) is 2. The molecule has 1 saturated carbocycles. The molecule has 1 aromatic heterocycles. The van der Waals surface area contributed by atoms with Crippen LogP contribution in [0.15, 0.2) is 0 Å². The molecule has 1 aliphatic carbocycles. The molecule has 0 amide bonds. The van der Waals surface area contributed by atoms with Gasteiger partial charge in [0.2, 0.25) is 5.13 Å². The first-order valence-electron chi connectivity index (χ1n) is 5.72. The molecule has 0 saturated heterocycles. The van der Waals surface area contributed by atoms with E-state index in [4.69, 9.17) is 0 Å². The summed E-state index contributed by atoms with van der Waals surface area (Å²) in [4.78, 5) is 0. The molecular formula is C11H19N3S. The Labute approximate surface area is 95.3 Å². The van der Waals surface area contributed by atoms with Gasteiger partial charge >= 0.3 is 0 Å². The molecule has 1 aromatic rings. The fourth-order valence-electron chi connectivity index (χ4n) is 1.94. The molecule has 15 heavy (non-hydrogen) atoms. The van der Waals surface area contributed by atoms with Crippen molar-refractivity contribution in [2.45, 2.75) is 46.1 Å². The summed E-state index contributed by atoms with van der Waals surface area (Å²) in [6, 6.07) is 0.639. The first kappa shape index (κ1) is 10.9. The summed E-state index contributed by atoms with van der Waals surface area (Å²) in [7, 11) is 0. The highest BCUT2D eigenvalue weighted by Gasteiger charge is 2.25. The van der Waals surface area contributed by atoms with Crippen LogP contribution in [0.25, 0.3) is 0 Å². The van der Waals surface area contributed by atoms with Crippen LogP contribution in [0.1, 0.15) is 38.6 Å². The van der Waals surface area contributed by atoms with Gasteiger partial charge in [0.15, 0.2) is 0 Å². The predicted molar refractivity (Wildman–Crippen MR) is 64.3 cm³/mol. The molecule has 1 fully saturated rings. The van der Waals surface area contributed by atoms with Gasteiger partial charge in [0.25, 0.3) is 0 Å². The van der Waals surface area contributed by atoms with E-state index < -0.39 is 0 Å². The van der Waals surface area contributed by atoms with Crippen molar-refractivity contribution in [2.24, 2.45) is 11.8 Å². The molecule has 1 heterocycles. The first-order chi connectivity index (χ1) is 7.13. The van der Waals surface area contributed by atoms with Crippen LogP contribution in [-0.4, -0.2) is 16.2 Å². The Morgan fingerprint density at radius 1 is 1.40 bits per heavy atom. The van der Waals surface area contributed by atoms with Gasteiger partial charge in [-0.15, -0.1) is 10.2 Å². The molecule has 2 rings (SSSR count). The second-order valence-electron chi connectivity index (χ2n) is 5.02. The average molecular weight is 225 g/mol. The van der Waals surface area contributed by atoms with Gasteiger partial charge in [0, 0.05) is 12.5 Å². The molecule has 0 bridgehead atoms. The number of anilines is 1. The maximum Gasteiger partial charge on any atom is 0.205 e. The zero-order valence-electron chi connectivity index (χ0n) is 9.66. The Hall–Kier alpha value is -0.640. The third-order valence-corrected chi connectivity index (χ3v) is 3.63. The number of hydrogen-bond acceptors (Lipinski definition) is 4. The molecule has 3 nitrogen and oxygen atoms in total. The van der Waals surface area contributed by atoms with Gasteiger partial charge in [-0.3, -0.25) is 0 Å². The fourth-order valence-corrected chi connectivity index (χ4v) is 2.97. The summed E-state index contributed by atoms with van der Waals surface area (Å²) in [5.74, 6) is 1.54. The summed E-state index contributed by atoms with van der Waals surface area (Å²) in [5, 5.41) is 14.0. The molecule has 0 radical (unpaired) electrons. The van der Waals surface area contributed by atoms with E-state index in [1.165, 1.54) is 12.8 Å². The van der Waals surface area contributed by atoms with Crippen LogP contribution < -0.4 is 5.32 Å². The average Bonchev–Trinajstić information content (AvgIpc) is 2.48. The van der Waals surface area contributed by atoms with Crippen LogP contribution in [0.3, 0.4) is 0 Å². The lowest BCUT2D eigenvalue weighted by molar-refractivity contribution is 0.309. The summed E-state index contributed by atoms with van der Waals surface area (Å²) >= 11 is 1.71.